The molecule has 0 unspecified atom stereocenters. The molecule has 0 bridgehead atoms. The second-order valence-corrected chi connectivity index (χ2v) is 5.07. The highest BCUT2D eigenvalue weighted by molar-refractivity contribution is 5.00. The molecule has 0 radical (unpaired) electrons. The fourth-order valence-electron chi connectivity index (χ4n) is 2.58. The number of likely N-dealkylation sites (N-methyl/N-ethyl adjacent to an activating group) is 1. The van der Waals surface area contributed by atoms with E-state index in [1.807, 2.05) is 0 Å². The molecule has 0 aromatic heterocycles. The van der Waals surface area contributed by atoms with Gasteiger partial charge < -0.3 is 10.6 Å². The summed E-state index contributed by atoms with van der Waals surface area (Å²) < 4.78 is 0. The molecule has 1 saturated carbocycles. The lowest BCUT2D eigenvalue weighted by Crippen LogP contribution is -2.58. The first kappa shape index (κ1) is 10.4. The van der Waals surface area contributed by atoms with Crippen molar-refractivity contribution in [2.45, 2.75) is 37.3 Å². The van der Waals surface area contributed by atoms with Gasteiger partial charge in [0.25, 0.3) is 0 Å². The summed E-state index contributed by atoms with van der Waals surface area (Å²) in [6.07, 6.45) is 5.25. The van der Waals surface area contributed by atoms with Crippen molar-refractivity contribution in [1.29, 1.82) is 0 Å². The van der Waals surface area contributed by atoms with Gasteiger partial charge >= 0.3 is 0 Å². The van der Waals surface area contributed by atoms with E-state index >= 15 is 0 Å². The molecule has 0 spiro atoms. The first-order chi connectivity index (χ1) is 6.68. The van der Waals surface area contributed by atoms with Crippen LogP contribution in [0.1, 0.15) is 25.7 Å². The average Bonchev–Trinajstić information content (AvgIpc) is 3.02. The average molecular weight is 197 g/mol. The van der Waals surface area contributed by atoms with Gasteiger partial charge in [-0.05, 0) is 52.9 Å². The normalized spacial score (nSPS) is 28.3. The fourth-order valence-corrected chi connectivity index (χ4v) is 2.58. The molecular formula is C11H23N3. The Morgan fingerprint density at radius 3 is 2.36 bits per heavy atom. The molecule has 2 fully saturated rings. The number of rotatable bonds is 3. The second-order valence-electron chi connectivity index (χ2n) is 5.07. The molecule has 3 heteroatoms. The smallest absolute Gasteiger partial charge is 0.0355 e. The Labute approximate surface area is 87.2 Å². The molecule has 1 heterocycles. The third-order valence-corrected chi connectivity index (χ3v) is 4.14. The zero-order chi connectivity index (χ0) is 10.2. The summed E-state index contributed by atoms with van der Waals surface area (Å²) in [6, 6.07) is 0.835. The molecule has 1 aliphatic heterocycles. The van der Waals surface area contributed by atoms with E-state index in [1.165, 1.54) is 38.8 Å². The maximum Gasteiger partial charge on any atom is 0.0355 e. The minimum atomic E-state index is 0.313. The van der Waals surface area contributed by atoms with Crippen LogP contribution >= 0.6 is 0 Å². The minimum Gasteiger partial charge on any atom is -0.329 e. The summed E-state index contributed by atoms with van der Waals surface area (Å²) in [6.45, 7) is 3.23. The van der Waals surface area contributed by atoms with Gasteiger partial charge in [-0.25, -0.2) is 0 Å². The third kappa shape index (κ3) is 1.81. The number of hydrogen-bond donors (Lipinski definition) is 1. The molecule has 82 valence electrons. The van der Waals surface area contributed by atoms with E-state index in [4.69, 9.17) is 5.73 Å². The van der Waals surface area contributed by atoms with Gasteiger partial charge in [0.2, 0.25) is 0 Å². The van der Waals surface area contributed by atoms with E-state index in [0.717, 1.165) is 12.6 Å². The number of likely N-dealkylation sites (tertiary alicyclic amines) is 1. The van der Waals surface area contributed by atoms with Crippen molar-refractivity contribution in [2.75, 3.05) is 33.7 Å². The molecule has 1 saturated heterocycles. The zero-order valence-electron chi connectivity index (χ0n) is 9.50. The molecule has 2 aliphatic rings. The predicted octanol–water partition coefficient (Wildman–Crippen LogP) is 0.504. The topological polar surface area (TPSA) is 32.5 Å². The van der Waals surface area contributed by atoms with Crippen molar-refractivity contribution < 1.29 is 0 Å². The highest BCUT2D eigenvalue weighted by Crippen LogP contribution is 2.36. The first-order valence-corrected chi connectivity index (χ1v) is 5.79. The fraction of sp³-hybridized carbons (Fsp3) is 1.00. The van der Waals surface area contributed by atoms with Gasteiger partial charge in [0, 0.05) is 18.1 Å². The Bertz CT molecular complexity index is 193. The van der Waals surface area contributed by atoms with Crippen LogP contribution in [0.5, 0.6) is 0 Å². The predicted molar refractivity (Wildman–Crippen MR) is 59.3 cm³/mol. The lowest BCUT2D eigenvalue weighted by molar-refractivity contribution is 0.0482. The lowest BCUT2D eigenvalue weighted by atomic mass is 9.86. The van der Waals surface area contributed by atoms with Crippen LogP contribution in [0, 0.1) is 0 Å². The third-order valence-electron chi connectivity index (χ3n) is 4.14. The highest BCUT2D eigenvalue weighted by Gasteiger charge is 2.42. The molecule has 14 heavy (non-hydrogen) atoms. The molecule has 0 aromatic rings. The summed E-state index contributed by atoms with van der Waals surface area (Å²) in [5.74, 6) is 0. The maximum atomic E-state index is 5.99. The van der Waals surface area contributed by atoms with Crippen molar-refractivity contribution in [3.8, 4) is 0 Å². The number of nitrogens with two attached hydrogens (primary N) is 1. The van der Waals surface area contributed by atoms with Crippen molar-refractivity contribution >= 4 is 0 Å². The first-order valence-electron chi connectivity index (χ1n) is 5.79. The minimum absolute atomic E-state index is 0.313. The molecule has 0 aromatic carbocycles. The van der Waals surface area contributed by atoms with Gasteiger partial charge in [-0.2, -0.15) is 0 Å². The summed E-state index contributed by atoms with van der Waals surface area (Å²) in [7, 11) is 4.48. The molecule has 2 rings (SSSR count). The lowest BCUT2D eigenvalue weighted by Gasteiger charge is -2.46. The molecule has 1 aliphatic carbocycles. The standard InChI is InChI=1S/C11H23N3/c1-13-7-5-11(9-12,6-8-13)14(2)10-3-4-10/h10H,3-9,12H2,1-2H3. The summed E-state index contributed by atoms with van der Waals surface area (Å²) in [5, 5.41) is 0. The van der Waals surface area contributed by atoms with Crippen LogP contribution in [0.25, 0.3) is 0 Å². The van der Waals surface area contributed by atoms with Gasteiger partial charge in [-0.3, -0.25) is 4.90 Å². The van der Waals surface area contributed by atoms with E-state index in [9.17, 15) is 0 Å². The monoisotopic (exact) mass is 197 g/mol. The van der Waals surface area contributed by atoms with Gasteiger partial charge in [0.15, 0.2) is 0 Å². The zero-order valence-corrected chi connectivity index (χ0v) is 9.50. The van der Waals surface area contributed by atoms with E-state index in [1.54, 1.807) is 0 Å². The van der Waals surface area contributed by atoms with Crippen molar-refractivity contribution in [3.05, 3.63) is 0 Å². The summed E-state index contributed by atoms with van der Waals surface area (Å²) in [5.41, 5.74) is 6.30. The van der Waals surface area contributed by atoms with E-state index < -0.39 is 0 Å². The Morgan fingerprint density at radius 1 is 1.36 bits per heavy atom. The van der Waals surface area contributed by atoms with Crippen molar-refractivity contribution in [2.24, 2.45) is 5.73 Å². The van der Waals surface area contributed by atoms with Crippen LogP contribution in [0.4, 0.5) is 0 Å². The summed E-state index contributed by atoms with van der Waals surface area (Å²) >= 11 is 0. The van der Waals surface area contributed by atoms with Gasteiger partial charge in [-0.15, -0.1) is 0 Å². The maximum absolute atomic E-state index is 5.99. The SMILES string of the molecule is CN1CCC(CN)(N(C)C2CC2)CC1. The van der Waals surface area contributed by atoms with Crippen LogP contribution in [0.3, 0.4) is 0 Å². The summed E-state index contributed by atoms with van der Waals surface area (Å²) in [4.78, 5) is 4.98. The van der Waals surface area contributed by atoms with E-state index in [0.29, 0.717) is 5.54 Å². The number of nitrogens with zero attached hydrogens (tertiary/aromatic N) is 2. The van der Waals surface area contributed by atoms with Crippen LogP contribution in [0.2, 0.25) is 0 Å². The van der Waals surface area contributed by atoms with Crippen LogP contribution in [-0.2, 0) is 0 Å². The Hall–Kier alpha value is -0.120. The van der Waals surface area contributed by atoms with Gasteiger partial charge in [0.05, 0.1) is 0 Å². The van der Waals surface area contributed by atoms with Crippen LogP contribution in [-0.4, -0.2) is 55.1 Å². The van der Waals surface area contributed by atoms with Crippen molar-refractivity contribution in [3.63, 3.8) is 0 Å². The van der Waals surface area contributed by atoms with Crippen LogP contribution in [0.15, 0.2) is 0 Å². The Kier molecular flexibility index (Phi) is 2.82. The molecule has 0 atom stereocenters. The molecular weight excluding hydrogens is 174 g/mol. The second kappa shape index (κ2) is 3.80. The number of piperidine rings is 1. The van der Waals surface area contributed by atoms with Gasteiger partial charge in [-0.1, -0.05) is 0 Å². The highest BCUT2D eigenvalue weighted by atomic mass is 15.3. The van der Waals surface area contributed by atoms with Gasteiger partial charge in [0.1, 0.15) is 0 Å². The van der Waals surface area contributed by atoms with Crippen molar-refractivity contribution in [1.82, 2.24) is 9.80 Å². The Balaban J connectivity index is 2.01. The van der Waals surface area contributed by atoms with Crippen LogP contribution < -0.4 is 5.73 Å². The quantitative estimate of drug-likeness (QED) is 0.715. The van der Waals surface area contributed by atoms with E-state index in [-0.39, 0.29) is 0 Å². The molecule has 0 amide bonds. The molecule has 2 N–H and O–H groups in total. The Morgan fingerprint density at radius 2 is 1.93 bits per heavy atom. The van der Waals surface area contributed by atoms with E-state index in [2.05, 4.69) is 23.9 Å². The number of hydrogen-bond acceptors (Lipinski definition) is 3. The molecule has 3 nitrogen and oxygen atoms in total. The largest absolute Gasteiger partial charge is 0.329 e.